The van der Waals surface area contributed by atoms with Gasteiger partial charge in [-0.2, -0.15) is 5.10 Å². The molecule has 2 heterocycles. The van der Waals surface area contributed by atoms with Crippen molar-refractivity contribution in [1.82, 2.24) is 9.78 Å². The van der Waals surface area contributed by atoms with Crippen molar-refractivity contribution in [2.75, 3.05) is 11.4 Å². The lowest BCUT2D eigenvalue weighted by atomic mass is 10.0. The number of carboxylic acid groups (broad SMARTS) is 1. The maximum absolute atomic E-state index is 13.5. The zero-order valence-electron chi connectivity index (χ0n) is 11.8. The first-order valence-electron chi connectivity index (χ1n) is 6.64. The van der Waals surface area contributed by atoms with E-state index in [-0.39, 0.29) is 10.8 Å². The van der Waals surface area contributed by atoms with Gasteiger partial charge in [0.2, 0.25) is 0 Å². The van der Waals surface area contributed by atoms with Gasteiger partial charge < -0.3 is 10.0 Å². The predicted molar refractivity (Wildman–Crippen MR) is 77.2 cm³/mol. The number of carboxylic acids is 1. The fourth-order valence-electron chi connectivity index (χ4n) is 2.41. The number of rotatable bonds is 3. The van der Waals surface area contributed by atoms with Crippen molar-refractivity contribution in [2.24, 2.45) is 0 Å². The van der Waals surface area contributed by atoms with E-state index in [0.717, 1.165) is 16.8 Å². The highest BCUT2D eigenvalue weighted by atomic mass is 35.5. The lowest BCUT2D eigenvalue weighted by molar-refractivity contribution is -0.0645. The van der Waals surface area contributed by atoms with Crippen LogP contribution in [0.2, 0.25) is 5.02 Å². The van der Waals surface area contributed by atoms with Gasteiger partial charge in [0.25, 0.3) is 5.92 Å². The Morgan fingerprint density at radius 2 is 2.00 bits per heavy atom. The molecule has 0 aliphatic carbocycles. The third-order valence-electron chi connectivity index (χ3n) is 3.81. The molecule has 1 saturated heterocycles. The maximum atomic E-state index is 13.5. The maximum Gasteiger partial charge on any atom is 0.358 e. The van der Waals surface area contributed by atoms with Gasteiger partial charge in [-0.15, -0.1) is 0 Å². The van der Waals surface area contributed by atoms with E-state index in [1.165, 1.54) is 24.0 Å². The summed E-state index contributed by atoms with van der Waals surface area (Å²) in [5.74, 6) is -4.72. The number of benzene rings is 1. The molecule has 1 aliphatic heterocycles. The Hall–Kier alpha value is -2.22. The molecule has 1 atom stereocenters. The summed E-state index contributed by atoms with van der Waals surface area (Å²) < 4.78 is 41.1. The standard InChI is InChI=1S/C14H11ClF3N3O2/c1-7-14(17,18)6-20(7)12-10(15)11(13(22)23)19-21(12)9-4-2-8(16)3-5-9/h2-5,7H,6H2,1H3,(H,22,23)/t7-/m1/s1. The van der Waals surface area contributed by atoms with Crippen LogP contribution in [0.1, 0.15) is 17.4 Å². The van der Waals surface area contributed by atoms with Crippen molar-refractivity contribution in [3.8, 4) is 5.69 Å². The summed E-state index contributed by atoms with van der Waals surface area (Å²) in [5.41, 5.74) is -0.133. The first kappa shape index (κ1) is 15.7. The minimum atomic E-state index is -2.90. The summed E-state index contributed by atoms with van der Waals surface area (Å²) in [7, 11) is 0. The molecule has 1 aliphatic rings. The SMILES string of the molecule is C[C@H]1N(c2c(Cl)c(C(=O)O)nn2-c2ccc(F)cc2)CC1(F)F. The normalized spacial score (nSPS) is 19.5. The molecular formula is C14H11ClF3N3O2. The molecule has 0 spiro atoms. The van der Waals surface area contributed by atoms with E-state index in [2.05, 4.69) is 5.10 Å². The molecule has 1 aromatic heterocycles. The molecule has 1 fully saturated rings. The minimum Gasteiger partial charge on any atom is -0.476 e. The van der Waals surface area contributed by atoms with E-state index in [1.54, 1.807) is 0 Å². The summed E-state index contributed by atoms with van der Waals surface area (Å²) in [5, 5.41) is 12.8. The number of alkyl halides is 2. The summed E-state index contributed by atoms with van der Waals surface area (Å²) >= 11 is 6.05. The van der Waals surface area contributed by atoms with Crippen LogP contribution in [0, 0.1) is 5.82 Å². The van der Waals surface area contributed by atoms with Crippen LogP contribution in [0.3, 0.4) is 0 Å². The van der Waals surface area contributed by atoms with Crippen LogP contribution < -0.4 is 4.90 Å². The number of hydrogen-bond donors (Lipinski definition) is 1. The van der Waals surface area contributed by atoms with E-state index in [1.807, 2.05) is 0 Å². The monoisotopic (exact) mass is 345 g/mol. The van der Waals surface area contributed by atoms with E-state index in [9.17, 15) is 18.0 Å². The number of anilines is 1. The van der Waals surface area contributed by atoms with Crippen molar-refractivity contribution in [3.05, 3.63) is 40.8 Å². The average molecular weight is 346 g/mol. The van der Waals surface area contributed by atoms with E-state index < -0.39 is 36.0 Å². The molecule has 2 aromatic rings. The molecule has 122 valence electrons. The molecule has 0 radical (unpaired) electrons. The van der Waals surface area contributed by atoms with Gasteiger partial charge in [0.05, 0.1) is 18.3 Å². The number of nitrogens with zero attached hydrogens (tertiary/aromatic N) is 3. The van der Waals surface area contributed by atoms with Gasteiger partial charge in [-0.1, -0.05) is 11.6 Å². The summed E-state index contributed by atoms with van der Waals surface area (Å²) in [6, 6.07) is 3.87. The van der Waals surface area contributed by atoms with Crippen molar-refractivity contribution < 1.29 is 23.1 Å². The van der Waals surface area contributed by atoms with E-state index in [4.69, 9.17) is 16.7 Å². The first-order chi connectivity index (χ1) is 10.7. The second kappa shape index (κ2) is 5.16. The Kier molecular flexibility index (Phi) is 3.51. The summed E-state index contributed by atoms with van der Waals surface area (Å²) in [4.78, 5) is 12.5. The molecule has 23 heavy (non-hydrogen) atoms. The Balaban J connectivity index is 2.13. The fourth-order valence-corrected chi connectivity index (χ4v) is 2.71. The van der Waals surface area contributed by atoms with E-state index >= 15 is 0 Å². The van der Waals surface area contributed by atoms with Crippen LogP contribution in [-0.2, 0) is 0 Å². The molecular weight excluding hydrogens is 335 g/mol. The zero-order chi connectivity index (χ0) is 16.9. The van der Waals surface area contributed by atoms with Gasteiger partial charge in [-0.05, 0) is 31.2 Å². The second-order valence-corrected chi connectivity index (χ2v) is 5.62. The number of halogens is 4. The molecule has 0 unspecified atom stereocenters. The smallest absolute Gasteiger partial charge is 0.358 e. The largest absolute Gasteiger partial charge is 0.476 e. The molecule has 0 saturated carbocycles. The Morgan fingerprint density at radius 3 is 2.48 bits per heavy atom. The molecule has 5 nitrogen and oxygen atoms in total. The van der Waals surface area contributed by atoms with Gasteiger partial charge >= 0.3 is 5.97 Å². The number of aromatic nitrogens is 2. The van der Waals surface area contributed by atoms with Crippen LogP contribution in [0.4, 0.5) is 19.0 Å². The fraction of sp³-hybridized carbons (Fsp3) is 0.286. The Morgan fingerprint density at radius 1 is 1.39 bits per heavy atom. The van der Waals surface area contributed by atoms with Crippen LogP contribution >= 0.6 is 11.6 Å². The number of hydrogen-bond acceptors (Lipinski definition) is 3. The molecule has 1 N–H and O–H groups in total. The van der Waals surface area contributed by atoms with Crippen LogP contribution in [0.15, 0.2) is 24.3 Å². The van der Waals surface area contributed by atoms with Crippen LogP contribution in [-0.4, -0.2) is 39.4 Å². The van der Waals surface area contributed by atoms with Crippen LogP contribution in [0.5, 0.6) is 0 Å². The third kappa shape index (κ3) is 2.42. The number of carbonyl (C=O) groups is 1. The van der Waals surface area contributed by atoms with Crippen LogP contribution in [0.25, 0.3) is 5.69 Å². The predicted octanol–water partition coefficient (Wildman–Crippen LogP) is 3.21. The minimum absolute atomic E-state index is 0.0501. The Bertz CT molecular complexity index is 776. The van der Waals surface area contributed by atoms with Crippen molar-refractivity contribution in [2.45, 2.75) is 18.9 Å². The highest BCUT2D eigenvalue weighted by Gasteiger charge is 2.53. The van der Waals surface area contributed by atoms with Gasteiger partial charge in [0.1, 0.15) is 10.8 Å². The average Bonchev–Trinajstić information content (AvgIpc) is 2.83. The van der Waals surface area contributed by atoms with Crippen molar-refractivity contribution in [1.29, 1.82) is 0 Å². The lowest BCUT2D eigenvalue weighted by Crippen LogP contribution is -2.64. The third-order valence-corrected chi connectivity index (χ3v) is 4.16. The Labute approximate surface area is 133 Å². The number of aromatic carboxylic acids is 1. The van der Waals surface area contributed by atoms with Gasteiger partial charge in [0, 0.05) is 0 Å². The summed E-state index contributed by atoms with van der Waals surface area (Å²) in [6.45, 7) is 0.710. The highest BCUT2D eigenvalue weighted by Crippen LogP contribution is 2.43. The molecule has 1 aromatic carbocycles. The van der Waals surface area contributed by atoms with Gasteiger partial charge in [-0.25, -0.2) is 22.6 Å². The zero-order valence-corrected chi connectivity index (χ0v) is 12.6. The topological polar surface area (TPSA) is 58.4 Å². The van der Waals surface area contributed by atoms with E-state index in [0.29, 0.717) is 5.69 Å². The first-order valence-corrected chi connectivity index (χ1v) is 7.02. The van der Waals surface area contributed by atoms with Crippen molar-refractivity contribution in [3.63, 3.8) is 0 Å². The highest BCUT2D eigenvalue weighted by molar-refractivity contribution is 6.35. The lowest BCUT2D eigenvalue weighted by Gasteiger charge is -2.47. The second-order valence-electron chi connectivity index (χ2n) is 5.24. The van der Waals surface area contributed by atoms with Crippen molar-refractivity contribution >= 4 is 23.4 Å². The molecule has 3 rings (SSSR count). The molecule has 0 amide bonds. The summed E-state index contributed by atoms with van der Waals surface area (Å²) in [6.07, 6.45) is 0. The quantitative estimate of drug-likeness (QED) is 0.928. The molecule has 9 heteroatoms. The van der Waals surface area contributed by atoms with Gasteiger partial charge in [0.15, 0.2) is 11.5 Å². The van der Waals surface area contributed by atoms with Gasteiger partial charge in [-0.3, -0.25) is 0 Å². The molecule has 0 bridgehead atoms.